The van der Waals surface area contributed by atoms with E-state index >= 15 is 0 Å². The molecule has 0 saturated heterocycles. The summed E-state index contributed by atoms with van der Waals surface area (Å²) in [5.41, 5.74) is 3.60. The third-order valence-corrected chi connectivity index (χ3v) is 6.97. The lowest BCUT2D eigenvalue weighted by Gasteiger charge is -2.19. The summed E-state index contributed by atoms with van der Waals surface area (Å²) in [4.78, 5) is 30.8. The number of rotatable bonds is 5. The number of thiophene rings is 1. The van der Waals surface area contributed by atoms with Gasteiger partial charge in [-0.3, -0.25) is 4.79 Å². The topological polar surface area (TPSA) is 59.2 Å². The van der Waals surface area contributed by atoms with E-state index in [1.807, 2.05) is 37.3 Å². The second kappa shape index (κ2) is 7.55. The van der Waals surface area contributed by atoms with Crippen molar-refractivity contribution in [1.29, 1.82) is 0 Å². The standard InChI is InChI=1S/C23H25NO3S/c1-4-15-9-10-19-16(11-15)12-20(28-19)23(26)27-14(3)22(25)21-13(2)24-18-8-6-5-7-17(18)21/h5-8,12,14-15,24H,4,9-11H2,1-3H3/t14-,15+/m0/s1. The van der Waals surface area contributed by atoms with E-state index in [-0.39, 0.29) is 5.78 Å². The number of esters is 1. The maximum Gasteiger partial charge on any atom is 0.349 e. The van der Waals surface area contributed by atoms with Crippen LogP contribution in [0.15, 0.2) is 30.3 Å². The van der Waals surface area contributed by atoms with Crippen molar-refractivity contribution >= 4 is 34.0 Å². The number of H-pyrrole nitrogens is 1. The normalized spacial score (nSPS) is 17.3. The number of para-hydroxylation sites is 1. The second-order valence-corrected chi connectivity index (χ2v) is 8.80. The largest absolute Gasteiger partial charge is 0.450 e. The first-order valence-corrected chi connectivity index (χ1v) is 10.7. The molecule has 1 aliphatic rings. The molecule has 3 aromatic rings. The Kier molecular flexibility index (Phi) is 5.11. The minimum atomic E-state index is -0.826. The number of aryl methyl sites for hydroxylation is 2. The van der Waals surface area contributed by atoms with Crippen LogP contribution in [0.3, 0.4) is 0 Å². The van der Waals surface area contributed by atoms with E-state index in [0.717, 1.165) is 29.4 Å². The van der Waals surface area contributed by atoms with Crippen LogP contribution < -0.4 is 0 Å². The van der Waals surface area contributed by atoms with Crippen LogP contribution in [0.4, 0.5) is 0 Å². The number of ether oxygens (including phenoxy) is 1. The molecule has 0 amide bonds. The minimum absolute atomic E-state index is 0.171. The summed E-state index contributed by atoms with van der Waals surface area (Å²) in [6.45, 7) is 5.75. The Balaban J connectivity index is 1.51. The molecule has 4 nitrogen and oxygen atoms in total. The van der Waals surface area contributed by atoms with E-state index in [1.54, 1.807) is 6.92 Å². The highest BCUT2D eigenvalue weighted by molar-refractivity contribution is 7.14. The van der Waals surface area contributed by atoms with Crippen LogP contribution in [0.5, 0.6) is 0 Å². The number of carbonyl (C=O) groups is 2. The zero-order valence-electron chi connectivity index (χ0n) is 16.5. The van der Waals surface area contributed by atoms with Gasteiger partial charge in [0.15, 0.2) is 6.10 Å². The lowest BCUT2D eigenvalue weighted by atomic mass is 9.87. The minimum Gasteiger partial charge on any atom is -0.450 e. The summed E-state index contributed by atoms with van der Waals surface area (Å²) in [6, 6.07) is 9.66. The van der Waals surface area contributed by atoms with Crippen LogP contribution in [-0.4, -0.2) is 22.8 Å². The van der Waals surface area contributed by atoms with Crippen molar-refractivity contribution in [3.05, 3.63) is 56.9 Å². The number of nitrogens with one attached hydrogen (secondary N) is 1. The average molecular weight is 396 g/mol. The molecular weight excluding hydrogens is 370 g/mol. The molecule has 1 aliphatic carbocycles. The van der Waals surface area contributed by atoms with Gasteiger partial charge in [-0.05, 0) is 56.7 Å². The van der Waals surface area contributed by atoms with Crippen LogP contribution in [0, 0.1) is 12.8 Å². The fourth-order valence-corrected chi connectivity index (χ4v) is 5.21. The second-order valence-electron chi connectivity index (χ2n) is 7.66. The predicted molar refractivity (Wildman–Crippen MR) is 112 cm³/mol. The zero-order valence-corrected chi connectivity index (χ0v) is 17.3. The fraction of sp³-hybridized carbons (Fsp3) is 0.391. The van der Waals surface area contributed by atoms with Crippen LogP contribution in [0.2, 0.25) is 0 Å². The average Bonchev–Trinajstić information content (AvgIpc) is 3.26. The third-order valence-electron chi connectivity index (χ3n) is 5.76. The molecule has 0 bridgehead atoms. The molecule has 2 heterocycles. The summed E-state index contributed by atoms with van der Waals surface area (Å²) < 4.78 is 5.56. The highest BCUT2D eigenvalue weighted by Gasteiger charge is 2.27. The lowest BCUT2D eigenvalue weighted by Crippen LogP contribution is -2.24. The van der Waals surface area contributed by atoms with Gasteiger partial charge < -0.3 is 9.72 Å². The maximum atomic E-state index is 13.0. The number of ketones is 1. The molecule has 146 valence electrons. The van der Waals surface area contributed by atoms with Crippen molar-refractivity contribution in [1.82, 2.24) is 4.98 Å². The maximum absolute atomic E-state index is 13.0. The molecule has 4 rings (SSSR count). The van der Waals surface area contributed by atoms with Crippen LogP contribution >= 0.6 is 11.3 Å². The number of hydrogen-bond acceptors (Lipinski definition) is 4. The van der Waals surface area contributed by atoms with Crippen molar-refractivity contribution in [3.63, 3.8) is 0 Å². The van der Waals surface area contributed by atoms with Gasteiger partial charge in [-0.25, -0.2) is 4.79 Å². The van der Waals surface area contributed by atoms with Crippen molar-refractivity contribution in [3.8, 4) is 0 Å². The summed E-state index contributed by atoms with van der Waals surface area (Å²) in [5.74, 6) is 0.137. The first kappa shape index (κ1) is 18.9. The molecule has 0 saturated carbocycles. The van der Waals surface area contributed by atoms with Gasteiger partial charge in [0.05, 0.1) is 0 Å². The number of hydrogen-bond donors (Lipinski definition) is 1. The Hall–Kier alpha value is -2.40. The smallest absolute Gasteiger partial charge is 0.349 e. The summed E-state index contributed by atoms with van der Waals surface area (Å²) >= 11 is 1.52. The SMILES string of the molecule is CC[C@@H]1CCc2sc(C(=O)O[C@@H](C)C(=O)c3c(C)[nH]c4ccccc34)cc2C1. The molecule has 1 N–H and O–H groups in total. The van der Waals surface area contributed by atoms with Gasteiger partial charge in [0, 0.05) is 27.0 Å². The molecule has 2 atom stereocenters. The third kappa shape index (κ3) is 3.39. The Morgan fingerprint density at radius 3 is 2.89 bits per heavy atom. The zero-order chi connectivity index (χ0) is 19.8. The van der Waals surface area contributed by atoms with Gasteiger partial charge in [0.25, 0.3) is 0 Å². The Morgan fingerprint density at radius 1 is 1.32 bits per heavy atom. The van der Waals surface area contributed by atoms with E-state index < -0.39 is 12.1 Å². The number of aromatic nitrogens is 1. The summed E-state index contributed by atoms with van der Waals surface area (Å²) in [5, 5.41) is 0.866. The first-order valence-electron chi connectivity index (χ1n) is 9.92. The van der Waals surface area contributed by atoms with Gasteiger partial charge in [-0.1, -0.05) is 31.5 Å². The number of Topliss-reactive ketones (excluding diaryl/α,β-unsaturated/α-hetero) is 1. The van der Waals surface area contributed by atoms with Crippen molar-refractivity contribution < 1.29 is 14.3 Å². The Bertz CT molecular complexity index is 1050. The number of benzene rings is 1. The molecule has 0 aliphatic heterocycles. The molecule has 0 fully saturated rings. The van der Waals surface area contributed by atoms with E-state index in [0.29, 0.717) is 16.4 Å². The van der Waals surface area contributed by atoms with Crippen molar-refractivity contribution in [2.24, 2.45) is 5.92 Å². The Labute approximate surface area is 168 Å². The molecule has 1 aromatic carbocycles. The summed E-state index contributed by atoms with van der Waals surface area (Å²) in [6.07, 6.45) is 3.61. The van der Waals surface area contributed by atoms with E-state index in [2.05, 4.69) is 11.9 Å². The molecular formula is C23H25NO3S. The van der Waals surface area contributed by atoms with Gasteiger partial charge in [-0.2, -0.15) is 0 Å². The van der Waals surface area contributed by atoms with E-state index in [4.69, 9.17) is 4.74 Å². The van der Waals surface area contributed by atoms with E-state index in [9.17, 15) is 9.59 Å². The van der Waals surface area contributed by atoms with Gasteiger partial charge >= 0.3 is 5.97 Å². The lowest BCUT2D eigenvalue weighted by molar-refractivity contribution is 0.0324. The predicted octanol–water partition coefficient (Wildman–Crippen LogP) is 5.48. The highest BCUT2D eigenvalue weighted by atomic mass is 32.1. The van der Waals surface area contributed by atoms with Crippen LogP contribution in [-0.2, 0) is 17.6 Å². The summed E-state index contributed by atoms with van der Waals surface area (Å²) in [7, 11) is 0. The molecule has 28 heavy (non-hydrogen) atoms. The molecule has 0 radical (unpaired) electrons. The molecule has 5 heteroatoms. The molecule has 0 spiro atoms. The number of aromatic amines is 1. The Morgan fingerprint density at radius 2 is 2.11 bits per heavy atom. The number of carbonyl (C=O) groups excluding carboxylic acids is 2. The molecule has 2 aromatic heterocycles. The van der Waals surface area contributed by atoms with E-state index in [1.165, 1.54) is 34.6 Å². The fourth-order valence-electron chi connectivity index (χ4n) is 4.12. The van der Waals surface area contributed by atoms with Gasteiger partial charge in [0.2, 0.25) is 5.78 Å². The number of fused-ring (bicyclic) bond motifs is 2. The molecule has 0 unspecified atom stereocenters. The first-order chi connectivity index (χ1) is 13.5. The quantitative estimate of drug-likeness (QED) is 0.460. The van der Waals surface area contributed by atoms with Crippen LogP contribution in [0.1, 0.15) is 62.9 Å². The van der Waals surface area contributed by atoms with Crippen molar-refractivity contribution in [2.45, 2.75) is 52.6 Å². The highest BCUT2D eigenvalue weighted by Crippen LogP contribution is 2.34. The van der Waals surface area contributed by atoms with Crippen molar-refractivity contribution in [2.75, 3.05) is 0 Å². The van der Waals surface area contributed by atoms with Gasteiger partial charge in [0.1, 0.15) is 4.88 Å². The monoisotopic (exact) mass is 395 g/mol. The van der Waals surface area contributed by atoms with Crippen LogP contribution in [0.25, 0.3) is 10.9 Å². The van der Waals surface area contributed by atoms with Gasteiger partial charge in [-0.15, -0.1) is 11.3 Å².